The molecular weight excluding hydrogens is 202 g/mol. The van der Waals surface area contributed by atoms with E-state index in [1.165, 1.54) is 5.56 Å². The molecule has 0 aliphatic carbocycles. The van der Waals surface area contributed by atoms with Gasteiger partial charge in [-0.2, -0.15) is 0 Å². The van der Waals surface area contributed by atoms with Crippen LogP contribution in [0.15, 0.2) is 18.2 Å². The molecule has 90 valence electrons. The van der Waals surface area contributed by atoms with Gasteiger partial charge in [0.15, 0.2) is 11.5 Å². The molecule has 1 rings (SSSR count). The van der Waals surface area contributed by atoms with E-state index in [4.69, 9.17) is 15.2 Å². The van der Waals surface area contributed by atoms with Crippen molar-refractivity contribution < 1.29 is 9.47 Å². The first-order valence-corrected chi connectivity index (χ1v) is 5.76. The predicted octanol–water partition coefficient (Wildman–Crippen LogP) is 2.37. The quantitative estimate of drug-likeness (QED) is 0.805. The molecule has 2 N–H and O–H groups in total. The Balaban J connectivity index is 2.81. The predicted molar refractivity (Wildman–Crippen MR) is 66.1 cm³/mol. The van der Waals surface area contributed by atoms with Crippen LogP contribution in [0.1, 0.15) is 25.8 Å². The van der Waals surface area contributed by atoms with Crippen molar-refractivity contribution in [3.8, 4) is 11.5 Å². The molecule has 0 aromatic heterocycles. The van der Waals surface area contributed by atoms with Gasteiger partial charge in [0, 0.05) is 6.04 Å². The van der Waals surface area contributed by atoms with Crippen LogP contribution in [0, 0.1) is 0 Å². The molecular formula is C13H21NO2. The minimum Gasteiger partial charge on any atom is -0.493 e. The van der Waals surface area contributed by atoms with Crippen molar-refractivity contribution in [1.29, 1.82) is 0 Å². The summed E-state index contributed by atoms with van der Waals surface area (Å²) >= 11 is 0. The molecule has 16 heavy (non-hydrogen) atoms. The van der Waals surface area contributed by atoms with Crippen molar-refractivity contribution in [3.63, 3.8) is 0 Å². The van der Waals surface area contributed by atoms with Crippen molar-refractivity contribution >= 4 is 0 Å². The first-order valence-electron chi connectivity index (χ1n) is 5.76. The summed E-state index contributed by atoms with van der Waals surface area (Å²) in [6, 6.07) is 6.20. The van der Waals surface area contributed by atoms with E-state index in [1.54, 1.807) is 7.11 Å². The van der Waals surface area contributed by atoms with Crippen molar-refractivity contribution in [1.82, 2.24) is 0 Å². The van der Waals surface area contributed by atoms with Crippen LogP contribution in [0.4, 0.5) is 0 Å². The number of rotatable bonds is 6. The van der Waals surface area contributed by atoms with Crippen LogP contribution < -0.4 is 15.2 Å². The van der Waals surface area contributed by atoms with Crippen LogP contribution in [0.5, 0.6) is 11.5 Å². The third-order valence-corrected chi connectivity index (χ3v) is 2.55. The van der Waals surface area contributed by atoms with Gasteiger partial charge < -0.3 is 15.2 Å². The number of hydrogen-bond acceptors (Lipinski definition) is 3. The van der Waals surface area contributed by atoms with Crippen molar-refractivity contribution in [2.75, 3.05) is 13.7 Å². The fourth-order valence-corrected chi connectivity index (χ4v) is 1.56. The molecule has 3 heteroatoms. The topological polar surface area (TPSA) is 44.5 Å². The lowest BCUT2D eigenvalue weighted by molar-refractivity contribution is 0.310. The first kappa shape index (κ1) is 12.8. The fourth-order valence-electron chi connectivity index (χ4n) is 1.56. The molecule has 1 aromatic carbocycles. The second kappa shape index (κ2) is 6.38. The van der Waals surface area contributed by atoms with E-state index >= 15 is 0 Å². The van der Waals surface area contributed by atoms with E-state index in [-0.39, 0.29) is 6.04 Å². The number of ether oxygens (including phenoxy) is 2. The van der Waals surface area contributed by atoms with Crippen LogP contribution in [0.25, 0.3) is 0 Å². The molecule has 0 spiro atoms. The summed E-state index contributed by atoms with van der Waals surface area (Å²) in [6.07, 6.45) is 1.86. The molecule has 3 nitrogen and oxygen atoms in total. The third-order valence-electron chi connectivity index (χ3n) is 2.55. The number of hydrogen-bond donors (Lipinski definition) is 1. The maximum atomic E-state index is 5.92. The van der Waals surface area contributed by atoms with E-state index in [0.29, 0.717) is 6.61 Å². The van der Waals surface area contributed by atoms with E-state index in [2.05, 4.69) is 6.92 Å². The standard InChI is InChI=1S/C13H21NO2/c1-4-11(14)8-10-6-7-12(16-5-2)13(9-10)15-3/h6-7,9,11H,4-5,8,14H2,1-3H3. The Morgan fingerprint density at radius 3 is 2.56 bits per heavy atom. The van der Waals surface area contributed by atoms with Crippen molar-refractivity contribution in [3.05, 3.63) is 23.8 Å². The Bertz CT molecular complexity index is 326. The molecule has 0 bridgehead atoms. The van der Waals surface area contributed by atoms with Crippen molar-refractivity contribution in [2.24, 2.45) is 5.73 Å². The highest BCUT2D eigenvalue weighted by atomic mass is 16.5. The summed E-state index contributed by atoms with van der Waals surface area (Å²) in [5.41, 5.74) is 7.11. The highest BCUT2D eigenvalue weighted by Gasteiger charge is 2.07. The normalized spacial score (nSPS) is 12.2. The zero-order chi connectivity index (χ0) is 12.0. The maximum absolute atomic E-state index is 5.92. The van der Waals surface area contributed by atoms with Gasteiger partial charge in [-0.05, 0) is 37.5 Å². The Kier molecular flexibility index (Phi) is 5.12. The highest BCUT2D eigenvalue weighted by Crippen LogP contribution is 2.28. The SMILES string of the molecule is CCOc1ccc(CC(N)CC)cc1OC. The lowest BCUT2D eigenvalue weighted by Gasteiger charge is -2.13. The summed E-state index contributed by atoms with van der Waals surface area (Å²) in [6.45, 7) is 4.70. The number of benzene rings is 1. The summed E-state index contributed by atoms with van der Waals surface area (Å²) in [7, 11) is 1.65. The monoisotopic (exact) mass is 223 g/mol. The molecule has 0 aliphatic heterocycles. The van der Waals surface area contributed by atoms with Gasteiger partial charge in [0.1, 0.15) is 0 Å². The Labute approximate surface area is 97.6 Å². The Hall–Kier alpha value is -1.22. The molecule has 0 radical (unpaired) electrons. The zero-order valence-corrected chi connectivity index (χ0v) is 10.3. The third kappa shape index (κ3) is 3.42. The lowest BCUT2D eigenvalue weighted by Crippen LogP contribution is -2.21. The average molecular weight is 223 g/mol. The average Bonchev–Trinajstić information content (AvgIpc) is 2.31. The van der Waals surface area contributed by atoms with E-state index in [0.717, 1.165) is 24.3 Å². The van der Waals surface area contributed by atoms with Gasteiger partial charge in [-0.1, -0.05) is 13.0 Å². The van der Waals surface area contributed by atoms with Crippen LogP contribution >= 0.6 is 0 Å². The van der Waals surface area contributed by atoms with E-state index in [1.807, 2.05) is 25.1 Å². The molecule has 1 aromatic rings. The second-order valence-corrected chi connectivity index (χ2v) is 3.79. The number of nitrogens with two attached hydrogens (primary N) is 1. The van der Waals surface area contributed by atoms with Crippen LogP contribution in [-0.2, 0) is 6.42 Å². The number of methoxy groups -OCH3 is 1. The van der Waals surface area contributed by atoms with Crippen LogP contribution in [0.2, 0.25) is 0 Å². The van der Waals surface area contributed by atoms with Gasteiger partial charge in [-0.25, -0.2) is 0 Å². The summed E-state index contributed by atoms with van der Waals surface area (Å²) < 4.78 is 10.7. The fraction of sp³-hybridized carbons (Fsp3) is 0.538. The smallest absolute Gasteiger partial charge is 0.161 e. The molecule has 1 atom stereocenters. The molecule has 1 unspecified atom stereocenters. The van der Waals surface area contributed by atoms with Gasteiger partial charge >= 0.3 is 0 Å². The largest absolute Gasteiger partial charge is 0.493 e. The molecule has 0 saturated heterocycles. The van der Waals surface area contributed by atoms with Gasteiger partial charge in [-0.3, -0.25) is 0 Å². The first-order chi connectivity index (χ1) is 7.71. The summed E-state index contributed by atoms with van der Waals surface area (Å²) in [4.78, 5) is 0. The highest BCUT2D eigenvalue weighted by molar-refractivity contribution is 5.43. The maximum Gasteiger partial charge on any atom is 0.161 e. The minimum absolute atomic E-state index is 0.211. The Morgan fingerprint density at radius 2 is 2.00 bits per heavy atom. The molecule has 0 amide bonds. The second-order valence-electron chi connectivity index (χ2n) is 3.79. The van der Waals surface area contributed by atoms with Gasteiger partial charge in [-0.15, -0.1) is 0 Å². The molecule has 0 heterocycles. The summed E-state index contributed by atoms with van der Waals surface area (Å²) in [5, 5.41) is 0. The van der Waals surface area contributed by atoms with Gasteiger partial charge in [0.25, 0.3) is 0 Å². The molecule has 0 aliphatic rings. The van der Waals surface area contributed by atoms with Gasteiger partial charge in [0.05, 0.1) is 13.7 Å². The zero-order valence-electron chi connectivity index (χ0n) is 10.3. The molecule has 0 saturated carbocycles. The van der Waals surface area contributed by atoms with Crippen molar-refractivity contribution in [2.45, 2.75) is 32.7 Å². The van der Waals surface area contributed by atoms with E-state index < -0.39 is 0 Å². The lowest BCUT2D eigenvalue weighted by atomic mass is 10.0. The van der Waals surface area contributed by atoms with Crippen LogP contribution in [0.3, 0.4) is 0 Å². The van der Waals surface area contributed by atoms with Crippen LogP contribution in [-0.4, -0.2) is 19.8 Å². The molecule has 0 fully saturated rings. The van der Waals surface area contributed by atoms with E-state index in [9.17, 15) is 0 Å². The summed E-state index contributed by atoms with van der Waals surface area (Å²) in [5.74, 6) is 1.57. The Morgan fingerprint density at radius 1 is 1.25 bits per heavy atom. The minimum atomic E-state index is 0.211. The van der Waals surface area contributed by atoms with Gasteiger partial charge in [0.2, 0.25) is 0 Å².